The smallest absolute Gasteiger partial charge is 0.137 e. The zero-order valence-electron chi connectivity index (χ0n) is 34.5. The molecule has 15 aromatic rings. The number of furan rings is 1. The van der Waals surface area contributed by atoms with Crippen LogP contribution in [0.3, 0.4) is 0 Å². The minimum Gasteiger partial charge on any atom is -0.456 e. The number of hydrogen-bond acceptors (Lipinski definition) is 1. The summed E-state index contributed by atoms with van der Waals surface area (Å²) in [7, 11) is 0. The van der Waals surface area contributed by atoms with E-state index in [9.17, 15) is 0 Å². The highest BCUT2D eigenvalue weighted by Gasteiger charge is 2.20. The molecule has 0 saturated heterocycles. The van der Waals surface area contributed by atoms with Crippen molar-refractivity contribution in [3.63, 3.8) is 0 Å². The summed E-state index contributed by atoms with van der Waals surface area (Å²) in [6.07, 6.45) is 0. The van der Waals surface area contributed by atoms with Gasteiger partial charge in [0.25, 0.3) is 0 Å². The maximum Gasteiger partial charge on any atom is 0.137 e. The van der Waals surface area contributed by atoms with Gasteiger partial charge in [0.15, 0.2) is 0 Å². The van der Waals surface area contributed by atoms with Crippen molar-refractivity contribution < 1.29 is 4.42 Å². The van der Waals surface area contributed by atoms with E-state index in [2.05, 4.69) is 214 Å². The Balaban J connectivity index is 0.829. The van der Waals surface area contributed by atoms with Crippen LogP contribution in [0.2, 0.25) is 0 Å². The molecular formula is C60H35N3O. The van der Waals surface area contributed by atoms with E-state index in [0.29, 0.717) is 0 Å². The molecule has 0 unspecified atom stereocenters. The summed E-state index contributed by atoms with van der Waals surface area (Å²) in [5, 5.41) is 12.4. The molecule has 0 aliphatic carbocycles. The molecule has 0 atom stereocenters. The third kappa shape index (κ3) is 4.56. The molecule has 0 N–H and O–H groups in total. The fraction of sp³-hybridized carbons (Fsp3) is 0. The second kappa shape index (κ2) is 12.5. The average molecular weight is 814 g/mol. The van der Waals surface area contributed by atoms with Crippen molar-refractivity contribution in [1.82, 2.24) is 13.5 Å². The fourth-order valence-corrected chi connectivity index (χ4v) is 11.1. The molecule has 10 aromatic carbocycles. The summed E-state index contributed by atoms with van der Waals surface area (Å²) in [5.41, 5.74) is 17.4. The third-order valence-corrected chi connectivity index (χ3v) is 14.0. The van der Waals surface area contributed by atoms with Gasteiger partial charge >= 0.3 is 0 Å². The number of nitrogens with zero attached hydrogens (tertiary/aromatic N) is 3. The van der Waals surface area contributed by atoms with Crippen molar-refractivity contribution in [3.8, 4) is 33.6 Å². The zero-order valence-corrected chi connectivity index (χ0v) is 34.5. The molecule has 0 radical (unpaired) electrons. The van der Waals surface area contributed by atoms with Crippen molar-refractivity contribution in [3.05, 3.63) is 212 Å². The molecule has 5 heterocycles. The SMILES string of the molecule is c1ccc2c(c1)oc1cc(-n3c4ccccc4c4cc(-c5ccc6c(c5)c5ccccc5n6-c5ccc(-c6ccc7c8cccc9c%10ccccc%10n(c7c6)c98)cc5)ccc43)ccc12. The van der Waals surface area contributed by atoms with E-state index >= 15 is 0 Å². The Morgan fingerprint density at radius 3 is 1.39 bits per heavy atom. The molecule has 296 valence electrons. The molecular weight excluding hydrogens is 779 g/mol. The van der Waals surface area contributed by atoms with Crippen molar-refractivity contribution >= 4 is 104 Å². The molecule has 0 spiro atoms. The van der Waals surface area contributed by atoms with Crippen LogP contribution in [-0.2, 0) is 0 Å². The van der Waals surface area contributed by atoms with Crippen molar-refractivity contribution in [1.29, 1.82) is 0 Å². The van der Waals surface area contributed by atoms with Gasteiger partial charge in [-0.3, -0.25) is 0 Å². The van der Waals surface area contributed by atoms with E-state index in [1.165, 1.54) is 104 Å². The van der Waals surface area contributed by atoms with Crippen LogP contribution in [0.25, 0.3) is 137 Å². The van der Waals surface area contributed by atoms with E-state index in [1.807, 2.05) is 12.1 Å². The number of fused-ring (bicyclic) bond motifs is 15. The normalized spacial score (nSPS) is 12.4. The third-order valence-electron chi connectivity index (χ3n) is 14.0. The Bertz CT molecular complexity index is 4420. The van der Waals surface area contributed by atoms with Gasteiger partial charge in [0.05, 0.1) is 38.6 Å². The van der Waals surface area contributed by atoms with Crippen LogP contribution in [-0.4, -0.2) is 13.5 Å². The van der Waals surface area contributed by atoms with Gasteiger partial charge in [-0.15, -0.1) is 0 Å². The Labute approximate surface area is 366 Å². The number of hydrogen-bond donors (Lipinski definition) is 0. The van der Waals surface area contributed by atoms with Crippen molar-refractivity contribution in [2.24, 2.45) is 0 Å². The van der Waals surface area contributed by atoms with Crippen LogP contribution in [0.1, 0.15) is 0 Å². The minimum atomic E-state index is 0.896. The predicted molar refractivity (Wildman–Crippen MR) is 268 cm³/mol. The lowest BCUT2D eigenvalue weighted by molar-refractivity contribution is 0.668. The highest BCUT2D eigenvalue weighted by molar-refractivity contribution is 6.23. The maximum atomic E-state index is 6.33. The van der Waals surface area contributed by atoms with Gasteiger partial charge in [0, 0.05) is 71.3 Å². The highest BCUT2D eigenvalue weighted by Crippen LogP contribution is 2.42. The molecule has 0 saturated carbocycles. The molecule has 0 aliphatic heterocycles. The molecule has 0 amide bonds. The maximum absolute atomic E-state index is 6.33. The number of benzene rings is 10. The molecule has 4 nitrogen and oxygen atoms in total. The van der Waals surface area contributed by atoms with Crippen molar-refractivity contribution in [2.75, 3.05) is 0 Å². The van der Waals surface area contributed by atoms with Gasteiger partial charge in [-0.05, 0) is 101 Å². The standard InChI is InChI=1S/C60H35N3O/c1-7-18-54-42(10-1)48-14-9-15-49-45-28-22-39(34-57(45)63(54)60(48)49)36-20-25-40(26-21-36)61-52-16-5-2-11-43(52)50-32-37(23-30-55(50)61)38-24-31-56-51(33-38)44-12-3-6-17-53(44)62(56)41-27-29-47-46-13-4-8-19-58(46)64-59(47)35-41/h1-35H. The topological polar surface area (TPSA) is 27.4 Å². The second-order valence-corrected chi connectivity index (χ2v) is 17.3. The molecule has 0 aliphatic rings. The second-order valence-electron chi connectivity index (χ2n) is 17.3. The molecule has 4 heteroatoms. The fourth-order valence-electron chi connectivity index (χ4n) is 11.1. The summed E-state index contributed by atoms with van der Waals surface area (Å²) in [4.78, 5) is 0. The monoisotopic (exact) mass is 813 g/mol. The quantitative estimate of drug-likeness (QED) is 0.174. The molecule has 5 aromatic heterocycles. The van der Waals surface area contributed by atoms with Gasteiger partial charge in [-0.25, -0.2) is 0 Å². The number of rotatable bonds is 4. The molecule has 0 bridgehead atoms. The minimum absolute atomic E-state index is 0.896. The van der Waals surface area contributed by atoms with Crippen LogP contribution >= 0.6 is 0 Å². The summed E-state index contributed by atoms with van der Waals surface area (Å²) in [6, 6.07) is 77.8. The zero-order chi connectivity index (χ0) is 41.6. The Hall–Kier alpha value is -8.60. The van der Waals surface area contributed by atoms with E-state index in [-0.39, 0.29) is 0 Å². The first-order valence-electron chi connectivity index (χ1n) is 22.0. The molecule has 0 fully saturated rings. The predicted octanol–water partition coefficient (Wildman–Crippen LogP) is 16.3. The van der Waals surface area contributed by atoms with Gasteiger partial charge in [0.2, 0.25) is 0 Å². The largest absolute Gasteiger partial charge is 0.456 e. The van der Waals surface area contributed by atoms with Gasteiger partial charge in [-0.2, -0.15) is 0 Å². The van der Waals surface area contributed by atoms with Gasteiger partial charge in [0.1, 0.15) is 11.2 Å². The first-order chi connectivity index (χ1) is 31.7. The van der Waals surface area contributed by atoms with Gasteiger partial charge in [-0.1, -0.05) is 127 Å². The van der Waals surface area contributed by atoms with E-state index in [1.54, 1.807) is 0 Å². The highest BCUT2D eigenvalue weighted by atomic mass is 16.3. The lowest BCUT2D eigenvalue weighted by Gasteiger charge is -2.10. The first-order valence-corrected chi connectivity index (χ1v) is 22.0. The van der Waals surface area contributed by atoms with Crippen LogP contribution in [0.5, 0.6) is 0 Å². The van der Waals surface area contributed by atoms with Crippen molar-refractivity contribution in [2.45, 2.75) is 0 Å². The number of para-hydroxylation sites is 5. The van der Waals surface area contributed by atoms with Crippen LogP contribution in [0, 0.1) is 0 Å². The van der Waals surface area contributed by atoms with E-state index in [0.717, 1.165) is 33.3 Å². The molecule has 15 rings (SSSR count). The lowest BCUT2D eigenvalue weighted by atomic mass is 10.0. The first kappa shape index (κ1) is 34.0. The average Bonchev–Trinajstić information content (AvgIpc) is 4.15. The Kier molecular flexibility index (Phi) is 6.65. The lowest BCUT2D eigenvalue weighted by Crippen LogP contribution is -1.94. The van der Waals surface area contributed by atoms with Crippen LogP contribution in [0.4, 0.5) is 0 Å². The Morgan fingerprint density at radius 1 is 0.250 bits per heavy atom. The molecule has 64 heavy (non-hydrogen) atoms. The summed E-state index contributed by atoms with van der Waals surface area (Å²) >= 11 is 0. The van der Waals surface area contributed by atoms with E-state index < -0.39 is 0 Å². The Morgan fingerprint density at radius 2 is 0.703 bits per heavy atom. The van der Waals surface area contributed by atoms with Crippen LogP contribution in [0.15, 0.2) is 217 Å². The summed E-state index contributed by atoms with van der Waals surface area (Å²) in [5.74, 6) is 0. The summed E-state index contributed by atoms with van der Waals surface area (Å²) < 4.78 is 13.6. The summed E-state index contributed by atoms with van der Waals surface area (Å²) in [6.45, 7) is 0. The van der Waals surface area contributed by atoms with E-state index in [4.69, 9.17) is 4.42 Å². The number of aromatic nitrogens is 3. The van der Waals surface area contributed by atoms with Crippen LogP contribution < -0.4 is 0 Å². The van der Waals surface area contributed by atoms with Gasteiger partial charge < -0.3 is 18.0 Å².